The second-order valence-electron chi connectivity index (χ2n) is 6.82. The quantitative estimate of drug-likeness (QED) is 0.579. The van der Waals surface area contributed by atoms with E-state index in [2.05, 4.69) is 4.90 Å². The zero-order valence-electron chi connectivity index (χ0n) is 15.6. The molecule has 0 atom stereocenters. The zero-order valence-corrected chi connectivity index (χ0v) is 18.0. The smallest absolute Gasteiger partial charge is 0.196 e. The minimum Gasteiger partial charge on any atom is -0.332 e. The van der Waals surface area contributed by atoms with Crippen molar-refractivity contribution in [3.05, 3.63) is 64.8 Å². The van der Waals surface area contributed by atoms with Crippen molar-refractivity contribution in [2.75, 3.05) is 20.6 Å². The average Bonchev–Trinajstić information content (AvgIpc) is 2.96. The van der Waals surface area contributed by atoms with Crippen LogP contribution in [0.1, 0.15) is 11.1 Å². The molecule has 0 aliphatic heterocycles. The molecule has 2 aromatic carbocycles. The van der Waals surface area contributed by atoms with Crippen molar-refractivity contribution in [3.8, 4) is 0 Å². The van der Waals surface area contributed by atoms with Gasteiger partial charge < -0.3 is 9.47 Å². The van der Waals surface area contributed by atoms with E-state index in [0.717, 1.165) is 35.0 Å². The van der Waals surface area contributed by atoms with Gasteiger partial charge in [-0.3, -0.25) is 0 Å². The van der Waals surface area contributed by atoms with Crippen LogP contribution in [-0.2, 0) is 22.1 Å². The van der Waals surface area contributed by atoms with Gasteiger partial charge in [-0.1, -0.05) is 35.9 Å². The fourth-order valence-corrected chi connectivity index (χ4v) is 4.75. The molecule has 0 saturated carbocycles. The second kappa shape index (κ2) is 8.65. The Morgan fingerprint density at radius 3 is 2.37 bits per heavy atom. The van der Waals surface area contributed by atoms with E-state index in [-0.39, 0.29) is 18.3 Å². The van der Waals surface area contributed by atoms with Crippen LogP contribution >= 0.6 is 24.0 Å². The zero-order chi connectivity index (χ0) is 18.9. The number of likely N-dealkylation sites (N-methyl/N-ethyl adjacent to an activating group) is 1. The van der Waals surface area contributed by atoms with Crippen molar-refractivity contribution >= 4 is 44.7 Å². The van der Waals surface area contributed by atoms with Crippen molar-refractivity contribution in [2.45, 2.75) is 24.1 Å². The lowest BCUT2D eigenvalue weighted by Gasteiger charge is -2.09. The summed E-state index contributed by atoms with van der Waals surface area (Å²) >= 11 is 6.47. The van der Waals surface area contributed by atoms with Gasteiger partial charge in [0.05, 0.1) is 15.4 Å². The van der Waals surface area contributed by atoms with Gasteiger partial charge in [-0.15, -0.1) is 12.4 Å². The van der Waals surface area contributed by atoms with Crippen molar-refractivity contribution in [3.63, 3.8) is 0 Å². The topological polar surface area (TPSA) is 42.3 Å². The molecule has 1 heterocycles. The molecule has 0 saturated heterocycles. The number of hydrogen-bond acceptors (Lipinski definition) is 3. The Balaban J connectivity index is 0.00000261. The van der Waals surface area contributed by atoms with Crippen LogP contribution in [0.2, 0.25) is 5.02 Å². The predicted molar refractivity (Wildman–Crippen MR) is 115 cm³/mol. The van der Waals surface area contributed by atoms with E-state index >= 15 is 0 Å². The number of aryl methyl sites for hydroxylation is 1. The van der Waals surface area contributed by atoms with Gasteiger partial charge in [0.25, 0.3) is 0 Å². The van der Waals surface area contributed by atoms with Gasteiger partial charge in [0, 0.05) is 18.1 Å². The van der Waals surface area contributed by atoms with Crippen LogP contribution in [0.3, 0.4) is 0 Å². The van der Waals surface area contributed by atoms with Gasteiger partial charge in [0.15, 0.2) is 9.84 Å². The minimum atomic E-state index is -3.44. The Morgan fingerprint density at radius 1 is 1.07 bits per heavy atom. The van der Waals surface area contributed by atoms with Crippen LogP contribution in [0.5, 0.6) is 0 Å². The maximum Gasteiger partial charge on any atom is 0.196 e. The first-order chi connectivity index (χ1) is 12.3. The Morgan fingerprint density at radius 2 is 1.74 bits per heavy atom. The third-order valence-corrected chi connectivity index (χ3v) is 6.41. The lowest BCUT2D eigenvalue weighted by molar-refractivity contribution is 0.414. The minimum absolute atomic E-state index is 0. The number of hydrogen-bond donors (Lipinski definition) is 0. The molecule has 0 fully saturated rings. The monoisotopic (exact) mass is 426 g/mol. The number of sulfone groups is 1. The van der Waals surface area contributed by atoms with Crippen LogP contribution < -0.4 is 0 Å². The SMILES string of the molecule is Cc1ccc(Cl)c2c(CCN(C)C)cn(CS(=O)(=O)c3ccccc3)c12.Cl. The summed E-state index contributed by atoms with van der Waals surface area (Å²) in [6, 6.07) is 12.4. The highest BCUT2D eigenvalue weighted by molar-refractivity contribution is 7.90. The summed E-state index contributed by atoms with van der Waals surface area (Å²) in [6.45, 7) is 2.86. The Bertz CT molecular complexity index is 1030. The molecule has 0 aliphatic rings. The number of halogens is 2. The number of rotatable bonds is 6. The highest BCUT2D eigenvalue weighted by atomic mass is 35.5. The number of nitrogens with zero attached hydrogens (tertiary/aromatic N) is 2. The summed E-state index contributed by atoms with van der Waals surface area (Å²) in [5, 5.41) is 1.62. The molecule has 0 bridgehead atoms. The second-order valence-corrected chi connectivity index (χ2v) is 9.19. The van der Waals surface area contributed by atoms with Crippen LogP contribution in [0.4, 0.5) is 0 Å². The van der Waals surface area contributed by atoms with Gasteiger partial charge in [-0.25, -0.2) is 8.42 Å². The summed E-state index contributed by atoms with van der Waals surface area (Å²) in [6.07, 6.45) is 2.75. The van der Waals surface area contributed by atoms with Gasteiger partial charge in [0.1, 0.15) is 5.88 Å². The standard InChI is InChI=1S/C20H23ClN2O2S.ClH/c1-15-9-10-18(21)19-16(11-12-22(2)3)13-23(20(15)19)14-26(24,25)17-7-5-4-6-8-17;/h4-10,13H,11-12,14H2,1-3H3;1H. The molecule has 0 unspecified atom stereocenters. The van der Waals surface area contributed by atoms with E-state index in [1.165, 1.54) is 0 Å². The maximum absolute atomic E-state index is 12.9. The van der Waals surface area contributed by atoms with Gasteiger partial charge in [-0.05, 0) is 56.8 Å². The predicted octanol–water partition coefficient (Wildman–Crippen LogP) is 4.56. The Labute approximate surface area is 172 Å². The molecule has 0 amide bonds. The molecule has 0 spiro atoms. The van der Waals surface area contributed by atoms with Crippen LogP contribution in [0, 0.1) is 6.92 Å². The first kappa shape index (κ1) is 21.8. The first-order valence-corrected chi connectivity index (χ1v) is 10.5. The molecule has 4 nitrogen and oxygen atoms in total. The molecule has 27 heavy (non-hydrogen) atoms. The molecule has 146 valence electrons. The van der Waals surface area contributed by atoms with E-state index in [1.807, 2.05) is 50.0 Å². The molecule has 3 aromatic rings. The van der Waals surface area contributed by atoms with Gasteiger partial charge in [-0.2, -0.15) is 0 Å². The number of fused-ring (bicyclic) bond motifs is 1. The van der Waals surface area contributed by atoms with Gasteiger partial charge >= 0.3 is 0 Å². The van der Waals surface area contributed by atoms with Gasteiger partial charge in [0.2, 0.25) is 0 Å². The molecule has 7 heteroatoms. The van der Waals surface area contributed by atoms with E-state index in [0.29, 0.717) is 9.92 Å². The molecule has 1 aromatic heterocycles. The van der Waals surface area contributed by atoms with Crippen molar-refractivity contribution in [1.82, 2.24) is 9.47 Å². The molecular weight excluding hydrogens is 403 g/mol. The molecule has 0 N–H and O–H groups in total. The summed E-state index contributed by atoms with van der Waals surface area (Å²) in [5.41, 5.74) is 2.99. The third kappa shape index (κ3) is 4.66. The van der Waals surface area contributed by atoms with Crippen molar-refractivity contribution in [2.24, 2.45) is 0 Å². The third-order valence-electron chi connectivity index (χ3n) is 4.49. The molecule has 3 rings (SSSR count). The fraction of sp³-hybridized carbons (Fsp3) is 0.300. The molecule has 0 radical (unpaired) electrons. The van der Waals surface area contributed by atoms with Crippen LogP contribution in [0.25, 0.3) is 10.9 Å². The van der Waals surface area contributed by atoms with E-state index in [4.69, 9.17) is 11.6 Å². The summed E-state index contributed by atoms with van der Waals surface area (Å²) in [4.78, 5) is 2.43. The summed E-state index contributed by atoms with van der Waals surface area (Å²) in [7, 11) is 0.597. The number of aromatic nitrogens is 1. The first-order valence-electron chi connectivity index (χ1n) is 8.49. The highest BCUT2D eigenvalue weighted by Crippen LogP contribution is 2.32. The van der Waals surface area contributed by atoms with E-state index in [1.54, 1.807) is 24.3 Å². The van der Waals surface area contributed by atoms with E-state index < -0.39 is 9.84 Å². The summed E-state index contributed by atoms with van der Waals surface area (Å²) in [5.74, 6) is -0.101. The fourth-order valence-electron chi connectivity index (χ4n) is 3.18. The normalized spacial score (nSPS) is 11.7. The lowest BCUT2D eigenvalue weighted by atomic mass is 10.1. The molecular formula is C20H24Cl2N2O2S. The maximum atomic E-state index is 12.9. The van der Waals surface area contributed by atoms with Crippen LogP contribution in [-0.4, -0.2) is 38.5 Å². The van der Waals surface area contributed by atoms with Crippen molar-refractivity contribution in [1.29, 1.82) is 0 Å². The summed E-state index contributed by atoms with van der Waals surface area (Å²) < 4.78 is 27.5. The lowest BCUT2D eigenvalue weighted by Crippen LogP contribution is -2.15. The molecule has 0 aliphatic carbocycles. The Kier molecular flexibility index (Phi) is 6.98. The number of benzene rings is 2. The van der Waals surface area contributed by atoms with Crippen molar-refractivity contribution < 1.29 is 8.42 Å². The highest BCUT2D eigenvalue weighted by Gasteiger charge is 2.20. The van der Waals surface area contributed by atoms with Crippen LogP contribution in [0.15, 0.2) is 53.6 Å². The Hall–Kier alpha value is -1.53. The largest absolute Gasteiger partial charge is 0.332 e. The average molecular weight is 427 g/mol. The van der Waals surface area contributed by atoms with E-state index in [9.17, 15) is 8.42 Å².